The van der Waals surface area contributed by atoms with Crippen LogP contribution in [0.2, 0.25) is 4.34 Å². The lowest BCUT2D eigenvalue weighted by molar-refractivity contribution is -0.148. The first kappa shape index (κ1) is 20.3. The molecule has 118 valence electrons. The number of alkyl halides is 3. The lowest BCUT2D eigenvalue weighted by atomic mass is 10.1. The van der Waals surface area contributed by atoms with E-state index < -0.39 is 18.6 Å². The molecule has 0 spiro atoms. The van der Waals surface area contributed by atoms with Gasteiger partial charge < -0.3 is 5.32 Å². The standard InChI is InChI=1S/C11H14ClF3N2S.2ClH/c12-10-2-1-9(18-10)8(7-11(13,14)15)17-5-3-16-4-6-17;;/h1-2,8,16H,3-7H2;2*1H/t8-;;/m0../s1. The van der Waals surface area contributed by atoms with Gasteiger partial charge in [0.2, 0.25) is 0 Å². The van der Waals surface area contributed by atoms with Crippen LogP contribution in [0.25, 0.3) is 0 Å². The van der Waals surface area contributed by atoms with E-state index in [1.807, 2.05) is 4.90 Å². The molecule has 1 N–H and O–H groups in total. The van der Waals surface area contributed by atoms with Gasteiger partial charge in [-0.2, -0.15) is 13.2 Å². The Kier molecular flexibility index (Phi) is 8.78. The highest BCUT2D eigenvalue weighted by atomic mass is 35.5. The number of piperazine rings is 1. The fourth-order valence-electron chi connectivity index (χ4n) is 2.13. The quantitative estimate of drug-likeness (QED) is 0.859. The van der Waals surface area contributed by atoms with Gasteiger partial charge in [0, 0.05) is 31.1 Å². The molecule has 2 rings (SSSR count). The van der Waals surface area contributed by atoms with E-state index in [9.17, 15) is 13.2 Å². The predicted octanol–water partition coefficient (Wildman–Crippen LogP) is 4.14. The molecule has 2 nitrogen and oxygen atoms in total. The molecule has 9 heteroatoms. The molecular weight excluding hydrogens is 356 g/mol. The summed E-state index contributed by atoms with van der Waals surface area (Å²) in [5, 5.41) is 3.14. The summed E-state index contributed by atoms with van der Waals surface area (Å²) in [5.41, 5.74) is 0. The molecule has 1 saturated heterocycles. The minimum absolute atomic E-state index is 0. The molecular formula is C11H16Cl3F3N2S. The summed E-state index contributed by atoms with van der Waals surface area (Å²) in [4.78, 5) is 2.57. The lowest BCUT2D eigenvalue weighted by Gasteiger charge is -2.34. The number of nitrogens with zero attached hydrogens (tertiary/aromatic N) is 1. The summed E-state index contributed by atoms with van der Waals surface area (Å²) in [5.74, 6) is 0. The van der Waals surface area contributed by atoms with E-state index in [0.717, 1.165) is 13.1 Å². The van der Waals surface area contributed by atoms with Crippen LogP contribution in [0.1, 0.15) is 17.3 Å². The molecule has 2 heterocycles. The van der Waals surface area contributed by atoms with E-state index in [1.165, 1.54) is 11.3 Å². The topological polar surface area (TPSA) is 15.3 Å². The zero-order valence-corrected chi connectivity index (χ0v) is 13.7. The third-order valence-electron chi connectivity index (χ3n) is 2.94. The summed E-state index contributed by atoms with van der Waals surface area (Å²) in [6.45, 7) is 2.73. The summed E-state index contributed by atoms with van der Waals surface area (Å²) >= 11 is 7.05. The van der Waals surface area contributed by atoms with Gasteiger partial charge in [-0.15, -0.1) is 36.2 Å². The molecule has 0 bridgehead atoms. The first-order chi connectivity index (χ1) is 8.46. The third kappa shape index (κ3) is 5.95. The molecule has 1 atom stereocenters. The number of hydrogen-bond donors (Lipinski definition) is 1. The normalized spacial score (nSPS) is 18.0. The molecule has 0 amide bonds. The number of rotatable bonds is 3. The minimum atomic E-state index is -4.16. The van der Waals surface area contributed by atoms with Gasteiger partial charge in [-0.1, -0.05) is 11.6 Å². The van der Waals surface area contributed by atoms with Crippen molar-refractivity contribution in [1.29, 1.82) is 0 Å². The van der Waals surface area contributed by atoms with Crippen molar-refractivity contribution in [2.45, 2.75) is 18.6 Å². The molecule has 0 aliphatic carbocycles. The van der Waals surface area contributed by atoms with Crippen LogP contribution < -0.4 is 5.32 Å². The van der Waals surface area contributed by atoms with Crippen molar-refractivity contribution in [3.63, 3.8) is 0 Å². The Labute approximate surface area is 137 Å². The molecule has 1 aliphatic rings. The molecule has 1 aromatic rings. The Morgan fingerprint density at radius 3 is 2.30 bits per heavy atom. The van der Waals surface area contributed by atoms with E-state index >= 15 is 0 Å². The molecule has 0 unspecified atom stereocenters. The highest BCUT2D eigenvalue weighted by Gasteiger charge is 2.36. The van der Waals surface area contributed by atoms with Crippen molar-refractivity contribution in [1.82, 2.24) is 10.2 Å². The molecule has 1 fully saturated rings. The van der Waals surface area contributed by atoms with Crippen LogP contribution in [-0.2, 0) is 0 Å². The molecule has 0 radical (unpaired) electrons. The highest BCUT2D eigenvalue weighted by molar-refractivity contribution is 7.16. The van der Waals surface area contributed by atoms with Crippen LogP contribution in [-0.4, -0.2) is 37.3 Å². The second-order valence-electron chi connectivity index (χ2n) is 4.26. The van der Waals surface area contributed by atoms with E-state index in [-0.39, 0.29) is 24.8 Å². The van der Waals surface area contributed by atoms with Crippen molar-refractivity contribution in [2.24, 2.45) is 0 Å². The van der Waals surface area contributed by atoms with E-state index in [1.54, 1.807) is 12.1 Å². The number of halogens is 6. The average molecular weight is 372 g/mol. The summed E-state index contributed by atoms with van der Waals surface area (Å²) in [7, 11) is 0. The average Bonchev–Trinajstić information content (AvgIpc) is 2.73. The highest BCUT2D eigenvalue weighted by Crippen LogP contribution is 2.38. The predicted molar refractivity (Wildman–Crippen MR) is 81.7 cm³/mol. The molecule has 1 aromatic heterocycles. The largest absolute Gasteiger partial charge is 0.390 e. The maximum absolute atomic E-state index is 12.7. The molecule has 0 aromatic carbocycles. The maximum Gasteiger partial charge on any atom is 0.390 e. The Bertz CT molecular complexity index is 395. The van der Waals surface area contributed by atoms with Gasteiger partial charge in [-0.05, 0) is 12.1 Å². The van der Waals surface area contributed by atoms with Crippen molar-refractivity contribution in [3.05, 3.63) is 21.3 Å². The van der Waals surface area contributed by atoms with E-state index in [2.05, 4.69) is 5.32 Å². The third-order valence-corrected chi connectivity index (χ3v) is 4.27. The van der Waals surface area contributed by atoms with Crippen LogP contribution >= 0.6 is 47.8 Å². The number of thiophene rings is 1. The van der Waals surface area contributed by atoms with Gasteiger partial charge in [0.15, 0.2) is 0 Å². The van der Waals surface area contributed by atoms with Crippen LogP contribution in [0.5, 0.6) is 0 Å². The zero-order chi connectivity index (χ0) is 13.2. The van der Waals surface area contributed by atoms with Gasteiger partial charge in [0.1, 0.15) is 0 Å². The Balaban J connectivity index is 0.00000180. The first-order valence-electron chi connectivity index (χ1n) is 5.72. The van der Waals surface area contributed by atoms with Gasteiger partial charge in [-0.3, -0.25) is 4.90 Å². The van der Waals surface area contributed by atoms with Crippen LogP contribution in [0.4, 0.5) is 13.2 Å². The van der Waals surface area contributed by atoms with Crippen LogP contribution in [0.15, 0.2) is 12.1 Å². The Morgan fingerprint density at radius 1 is 1.25 bits per heavy atom. The molecule has 1 aliphatic heterocycles. The number of hydrogen-bond acceptors (Lipinski definition) is 3. The van der Waals surface area contributed by atoms with Crippen LogP contribution in [0.3, 0.4) is 0 Å². The Hall–Kier alpha value is 0.280. The summed E-state index contributed by atoms with van der Waals surface area (Å²) in [6.07, 6.45) is -4.98. The SMILES string of the molecule is Cl.Cl.FC(F)(F)C[C@@H](c1ccc(Cl)s1)N1CCNCC1. The summed E-state index contributed by atoms with van der Waals surface area (Å²) < 4.78 is 38.6. The Morgan fingerprint density at radius 2 is 1.85 bits per heavy atom. The minimum Gasteiger partial charge on any atom is -0.314 e. The molecule has 20 heavy (non-hydrogen) atoms. The monoisotopic (exact) mass is 370 g/mol. The zero-order valence-electron chi connectivity index (χ0n) is 10.5. The van der Waals surface area contributed by atoms with Crippen molar-refractivity contribution in [2.75, 3.05) is 26.2 Å². The van der Waals surface area contributed by atoms with Crippen LogP contribution in [0, 0.1) is 0 Å². The second kappa shape index (κ2) is 8.66. The second-order valence-corrected chi connectivity index (χ2v) is 6.01. The van der Waals surface area contributed by atoms with E-state index in [0.29, 0.717) is 22.3 Å². The maximum atomic E-state index is 12.7. The smallest absolute Gasteiger partial charge is 0.314 e. The van der Waals surface area contributed by atoms with Crippen molar-refractivity contribution < 1.29 is 13.2 Å². The first-order valence-corrected chi connectivity index (χ1v) is 6.92. The van der Waals surface area contributed by atoms with Gasteiger partial charge >= 0.3 is 6.18 Å². The fourth-order valence-corrected chi connectivity index (χ4v) is 3.33. The summed E-state index contributed by atoms with van der Waals surface area (Å²) in [6, 6.07) is 2.75. The van der Waals surface area contributed by atoms with Crippen molar-refractivity contribution in [3.8, 4) is 0 Å². The van der Waals surface area contributed by atoms with Gasteiger partial charge in [0.25, 0.3) is 0 Å². The van der Waals surface area contributed by atoms with Gasteiger partial charge in [-0.25, -0.2) is 0 Å². The fraction of sp³-hybridized carbons (Fsp3) is 0.636. The lowest BCUT2D eigenvalue weighted by Crippen LogP contribution is -2.45. The number of nitrogens with one attached hydrogen (secondary N) is 1. The van der Waals surface area contributed by atoms with Gasteiger partial charge in [0.05, 0.1) is 16.8 Å². The van der Waals surface area contributed by atoms with E-state index in [4.69, 9.17) is 11.6 Å². The van der Waals surface area contributed by atoms with Crippen molar-refractivity contribution >= 4 is 47.8 Å². The molecule has 0 saturated carbocycles.